The van der Waals surface area contributed by atoms with Crippen LogP contribution in [0, 0.1) is 0 Å². The molecule has 1 unspecified atom stereocenters. The first-order valence-electron chi connectivity index (χ1n) is 5.68. The van der Waals surface area contributed by atoms with E-state index in [-0.39, 0.29) is 5.91 Å². The van der Waals surface area contributed by atoms with Gasteiger partial charge in [0.15, 0.2) is 6.10 Å². The fourth-order valence-electron chi connectivity index (χ4n) is 1.92. The highest BCUT2D eigenvalue weighted by molar-refractivity contribution is 5.99. The fourth-order valence-corrected chi connectivity index (χ4v) is 1.92. The first-order chi connectivity index (χ1) is 7.80. The van der Waals surface area contributed by atoms with Crippen LogP contribution in [0.2, 0.25) is 0 Å². The van der Waals surface area contributed by atoms with Gasteiger partial charge in [-0.15, -0.1) is 0 Å². The van der Waals surface area contributed by atoms with Gasteiger partial charge in [-0.2, -0.15) is 0 Å². The molecule has 92 valence electrons. The molecule has 1 aromatic carbocycles. The number of rotatable bonds is 1. The third-order valence-electron chi connectivity index (χ3n) is 3.05. The Morgan fingerprint density at radius 2 is 2.06 bits per heavy atom. The van der Waals surface area contributed by atoms with Crippen molar-refractivity contribution in [2.75, 3.05) is 11.9 Å². The zero-order valence-corrected chi connectivity index (χ0v) is 10.7. The predicted molar refractivity (Wildman–Crippen MR) is 67.2 cm³/mol. The van der Waals surface area contributed by atoms with E-state index in [4.69, 9.17) is 10.5 Å². The number of hydrogen-bond acceptors (Lipinski definition) is 3. The molecule has 1 atom stereocenters. The van der Waals surface area contributed by atoms with Gasteiger partial charge in [0.25, 0.3) is 5.91 Å². The molecule has 0 spiro atoms. The summed E-state index contributed by atoms with van der Waals surface area (Å²) in [5, 5.41) is 0. The van der Waals surface area contributed by atoms with Gasteiger partial charge in [0, 0.05) is 12.6 Å². The van der Waals surface area contributed by atoms with Crippen LogP contribution in [0.1, 0.15) is 26.3 Å². The van der Waals surface area contributed by atoms with Gasteiger partial charge >= 0.3 is 0 Å². The third-order valence-corrected chi connectivity index (χ3v) is 3.05. The summed E-state index contributed by atoms with van der Waals surface area (Å²) in [5.41, 5.74) is 7.42. The summed E-state index contributed by atoms with van der Waals surface area (Å²) >= 11 is 0. The number of hydrogen-bond donors (Lipinski definition) is 1. The number of carbonyl (C=O) groups is 1. The lowest BCUT2D eigenvalue weighted by atomic mass is 9.94. The van der Waals surface area contributed by atoms with Crippen molar-refractivity contribution in [3.63, 3.8) is 0 Å². The monoisotopic (exact) mass is 234 g/mol. The van der Waals surface area contributed by atoms with Crippen LogP contribution in [0.15, 0.2) is 18.2 Å². The van der Waals surface area contributed by atoms with E-state index in [1.807, 2.05) is 32.0 Å². The van der Waals surface area contributed by atoms with Crippen LogP contribution in [0.4, 0.5) is 5.69 Å². The Balaban J connectivity index is 2.48. The summed E-state index contributed by atoms with van der Waals surface area (Å²) in [4.78, 5) is 13.4. The van der Waals surface area contributed by atoms with E-state index < -0.39 is 11.6 Å². The topological polar surface area (TPSA) is 55.6 Å². The summed E-state index contributed by atoms with van der Waals surface area (Å²) in [6.07, 6.45) is -0.441. The van der Waals surface area contributed by atoms with Gasteiger partial charge in [-0.1, -0.05) is 6.07 Å². The van der Waals surface area contributed by atoms with Crippen LogP contribution in [0.3, 0.4) is 0 Å². The molecule has 1 heterocycles. The smallest absolute Gasteiger partial charge is 0.267 e. The van der Waals surface area contributed by atoms with E-state index in [1.165, 1.54) is 0 Å². The molecule has 1 amide bonds. The molecule has 0 saturated carbocycles. The Kier molecular flexibility index (Phi) is 2.62. The molecule has 0 aromatic heterocycles. The Morgan fingerprint density at radius 3 is 2.65 bits per heavy atom. The lowest BCUT2D eigenvalue weighted by Crippen LogP contribution is -2.42. The minimum absolute atomic E-state index is 0.0303. The van der Waals surface area contributed by atoms with Crippen molar-refractivity contribution < 1.29 is 9.53 Å². The average Bonchev–Trinajstić information content (AvgIpc) is 2.24. The van der Waals surface area contributed by atoms with Crippen LogP contribution in [-0.2, 0) is 10.3 Å². The van der Waals surface area contributed by atoms with Gasteiger partial charge in [-0.3, -0.25) is 4.79 Å². The second-order valence-corrected chi connectivity index (χ2v) is 5.06. The quantitative estimate of drug-likeness (QED) is 0.803. The number of anilines is 1. The lowest BCUT2D eigenvalue weighted by Gasteiger charge is -2.31. The van der Waals surface area contributed by atoms with Crippen LogP contribution in [-0.4, -0.2) is 19.1 Å². The van der Waals surface area contributed by atoms with E-state index in [1.54, 1.807) is 18.9 Å². The summed E-state index contributed by atoms with van der Waals surface area (Å²) in [6.45, 7) is 5.63. The number of ether oxygens (including phenoxy) is 1. The predicted octanol–water partition coefficient (Wildman–Crippen LogP) is 1.62. The minimum atomic E-state index is -0.441. The number of fused-ring (bicyclic) bond motifs is 1. The highest BCUT2D eigenvalue weighted by Crippen LogP contribution is 2.35. The van der Waals surface area contributed by atoms with Crippen molar-refractivity contribution >= 4 is 11.6 Å². The number of nitrogens with zero attached hydrogens (tertiary/aromatic N) is 1. The molecule has 1 aliphatic rings. The Labute approximate surface area is 101 Å². The highest BCUT2D eigenvalue weighted by Gasteiger charge is 2.29. The molecule has 1 aromatic rings. The van der Waals surface area contributed by atoms with E-state index in [0.29, 0.717) is 0 Å². The molecule has 17 heavy (non-hydrogen) atoms. The summed E-state index contributed by atoms with van der Waals surface area (Å²) in [7, 11) is 1.76. The van der Waals surface area contributed by atoms with E-state index in [9.17, 15) is 4.79 Å². The number of nitrogens with two attached hydrogens (primary N) is 1. The summed E-state index contributed by atoms with van der Waals surface area (Å²) in [5.74, 6) is 0.688. The largest absolute Gasteiger partial charge is 0.479 e. The Morgan fingerprint density at radius 1 is 1.41 bits per heavy atom. The average molecular weight is 234 g/mol. The number of amides is 1. The van der Waals surface area contributed by atoms with E-state index in [0.717, 1.165) is 17.0 Å². The molecular formula is C13H18N2O2. The maximum Gasteiger partial charge on any atom is 0.267 e. The van der Waals surface area contributed by atoms with Crippen molar-refractivity contribution in [1.29, 1.82) is 0 Å². The molecule has 0 radical (unpaired) electrons. The number of benzene rings is 1. The minimum Gasteiger partial charge on any atom is -0.479 e. The molecule has 0 aliphatic carbocycles. The molecule has 2 N–H and O–H groups in total. The van der Waals surface area contributed by atoms with Crippen molar-refractivity contribution in [2.24, 2.45) is 5.73 Å². The normalized spacial score (nSPS) is 19.9. The molecule has 0 bridgehead atoms. The molecule has 4 heteroatoms. The first-order valence-corrected chi connectivity index (χ1v) is 5.68. The zero-order valence-electron chi connectivity index (χ0n) is 10.7. The number of carbonyl (C=O) groups excluding carboxylic acids is 1. The highest BCUT2D eigenvalue weighted by atomic mass is 16.5. The second kappa shape index (κ2) is 3.74. The molecular weight excluding hydrogens is 216 g/mol. The van der Waals surface area contributed by atoms with E-state index >= 15 is 0 Å². The summed E-state index contributed by atoms with van der Waals surface area (Å²) < 4.78 is 5.60. The fraction of sp³-hybridized carbons (Fsp3) is 0.462. The Bertz CT molecular complexity index is 463. The zero-order chi connectivity index (χ0) is 12.8. The molecule has 1 aliphatic heterocycles. The van der Waals surface area contributed by atoms with E-state index in [2.05, 4.69) is 0 Å². The maximum atomic E-state index is 11.7. The molecule has 0 fully saturated rings. The maximum absolute atomic E-state index is 11.7. The van der Waals surface area contributed by atoms with Gasteiger partial charge < -0.3 is 15.4 Å². The van der Waals surface area contributed by atoms with Gasteiger partial charge in [-0.25, -0.2) is 0 Å². The van der Waals surface area contributed by atoms with Crippen molar-refractivity contribution in [3.8, 4) is 5.75 Å². The van der Waals surface area contributed by atoms with Gasteiger partial charge in [-0.05, 0) is 38.5 Å². The van der Waals surface area contributed by atoms with Crippen molar-refractivity contribution in [3.05, 3.63) is 23.8 Å². The van der Waals surface area contributed by atoms with Gasteiger partial charge in [0.2, 0.25) is 0 Å². The first kappa shape index (κ1) is 11.9. The van der Waals surface area contributed by atoms with Crippen LogP contribution in [0.25, 0.3) is 0 Å². The van der Waals surface area contributed by atoms with Gasteiger partial charge in [0.1, 0.15) is 5.75 Å². The molecule has 2 rings (SSSR count). The van der Waals surface area contributed by atoms with Gasteiger partial charge in [0.05, 0.1) is 5.69 Å². The summed E-state index contributed by atoms with van der Waals surface area (Å²) in [6, 6.07) is 5.72. The van der Waals surface area contributed by atoms with Crippen LogP contribution < -0.4 is 15.4 Å². The lowest BCUT2D eigenvalue weighted by molar-refractivity contribution is -0.125. The SMILES string of the molecule is CC1Oc2cc(C(C)(C)N)ccc2N(C)C1=O. The van der Waals surface area contributed by atoms with Crippen molar-refractivity contribution in [1.82, 2.24) is 0 Å². The van der Waals surface area contributed by atoms with Crippen LogP contribution >= 0.6 is 0 Å². The van der Waals surface area contributed by atoms with Crippen molar-refractivity contribution in [2.45, 2.75) is 32.4 Å². The van der Waals surface area contributed by atoms with Crippen LogP contribution in [0.5, 0.6) is 5.75 Å². The molecule has 4 nitrogen and oxygen atoms in total. The third kappa shape index (κ3) is 2.00. The second-order valence-electron chi connectivity index (χ2n) is 5.06. The Hall–Kier alpha value is -1.55. The number of likely N-dealkylation sites (N-methyl/N-ethyl adjacent to an activating group) is 1. The standard InChI is InChI=1S/C13H18N2O2/c1-8-12(16)15(4)10-6-5-9(13(2,3)14)7-11(10)17-8/h5-8H,14H2,1-4H3. The molecule has 0 saturated heterocycles.